The van der Waals surface area contributed by atoms with E-state index in [2.05, 4.69) is 10.6 Å². The highest BCUT2D eigenvalue weighted by atomic mass is 35.5. The molecule has 0 fully saturated rings. The van der Waals surface area contributed by atoms with Gasteiger partial charge in [0.25, 0.3) is 0 Å². The van der Waals surface area contributed by atoms with E-state index < -0.39 is 0 Å². The molecule has 1 heterocycles. The molecule has 0 saturated heterocycles. The summed E-state index contributed by atoms with van der Waals surface area (Å²) in [6.07, 6.45) is 0. The summed E-state index contributed by atoms with van der Waals surface area (Å²) >= 11 is 5.80. The van der Waals surface area contributed by atoms with Crippen LogP contribution in [0.5, 0.6) is 5.75 Å². The van der Waals surface area contributed by atoms with Gasteiger partial charge in [-0.3, -0.25) is 10.1 Å². The normalized spacial score (nSPS) is 16.1. The zero-order valence-electron chi connectivity index (χ0n) is 11.3. The number of nitrogens with one attached hydrogen (secondary N) is 2. The Morgan fingerprint density at radius 1 is 1.19 bits per heavy atom. The molecule has 3 rings (SSSR count). The molecule has 2 N–H and O–H groups in total. The Morgan fingerprint density at radius 2 is 1.95 bits per heavy atom. The fourth-order valence-electron chi connectivity index (χ4n) is 2.29. The van der Waals surface area contributed by atoms with Crippen molar-refractivity contribution in [1.82, 2.24) is 5.32 Å². The molecule has 0 spiro atoms. The van der Waals surface area contributed by atoms with Crippen LogP contribution in [0.4, 0.5) is 5.69 Å². The number of hydrogen-bond donors (Lipinski definition) is 2. The SMILES string of the molecule is O=C(CNC1COc2ccccc21)Nc1ccc(Cl)cc1. The number of amides is 1. The van der Waals surface area contributed by atoms with Crippen LogP contribution in [0.1, 0.15) is 11.6 Å². The molecule has 4 nitrogen and oxygen atoms in total. The Balaban J connectivity index is 1.54. The number of hydrogen-bond acceptors (Lipinski definition) is 3. The monoisotopic (exact) mass is 302 g/mol. The lowest BCUT2D eigenvalue weighted by Crippen LogP contribution is -2.31. The first-order chi connectivity index (χ1) is 10.2. The van der Waals surface area contributed by atoms with Crippen LogP contribution >= 0.6 is 11.6 Å². The van der Waals surface area contributed by atoms with Gasteiger partial charge in [-0.2, -0.15) is 0 Å². The molecule has 0 radical (unpaired) electrons. The standard InChI is InChI=1S/C16H15ClN2O2/c17-11-5-7-12(8-6-11)19-16(20)9-18-14-10-21-15-4-2-1-3-13(14)15/h1-8,14,18H,9-10H2,(H,19,20). The van der Waals surface area contributed by atoms with Crippen LogP contribution in [0.3, 0.4) is 0 Å². The van der Waals surface area contributed by atoms with Crippen LogP contribution in [0.15, 0.2) is 48.5 Å². The first kappa shape index (κ1) is 13.9. The minimum Gasteiger partial charge on any atom is -0.491 e. The van der Waals surface area contributed by atoms with Gasteiger partial charge in [-0.1, -0.05) is 29.8 Å². The summed E-state index contributed by atoms with van der Waals surface area (Å²) in [5.74, 6) is 0.787. The summed E-state index contributed by atoms with van der Waals surface area (Å²) in [5.41, 5.74) is 1.83. The summed E-state index contributed by atoms with van der Waals surface area (Å²) in [5, 5.41) is 6.67. The van der Waals surface area contributed by atoms with E-state index in [4.69, 9.17) is 16.3 Å². The fourth-order valence-corrected chi connectivity index (χ4v) is 2.41. The summed E-state index contributed by atoms with van der Waals surface area (Å²) in [6.45, 7) is 0.776. The molecule has 0 aromatic heterocycles. The number of benzene rings is 2. The third kappa shape index (κ3) is 3.35. The zero-order chi connectivity index (χ0) is 14.7. The van der Waals surface area contributed by atoms with Gasteiger partial charge >= 0.3 is 0 Å². The molecular formula is C16H15ClN2O2. The van der Waals surface area contributed by atoms with Crippen molar-refractivity contribution < 1.29 is 9.53 Å². The maximum atomic E-state index is 11.9. The third-order valence-corrected chi connectivity index (χ3v) is 3.59. The van der Waals surface area contributed by atoms with Crippen LogP contribution in [0.2, 0.25) is 5.02 Å². The van der Waals surface area contributed by atoms with Gasteiger partial charge in [0.05, 0.1) is 12.6 Å². The topological polar surface area (TPSA) is 50.4 Å². The van der Waals surface area contributed by atoms with Gasteiger partial charge in [-0.15, -0.1) is 0 Å². The molecule has 1 amide bonds. The fraction of sp³-hybridized carbons (Fsp3) is 0.188. The van der Waals surface area contributed by atoms with Gasteiger partial charge in [0.1, 0.15) is 12.4 Å². The Labute approximate surface area is 128 Å². The van der Waals surface area contributed by atoms with Gasteiger partial charge in [0.2, 0.25) is 5.91 Å². The average molecular weight is 303 g/mol. The highest BCUT2D eigenvalue weighted by molar-refractivity contribution is 6.30. The number of ether oxygens (including phenoxy) is 1. The number of carbonyl (C=O) groups is 1. The van der Waals surface area contributed by atoms with Crippen molar-refractivity contribution in [1.29, 1.82) is 0 Å². The molecule has 1 aliphatic heterocycles. The molecule has 21 heavy (non-hydrogen) atoms. The Bertz CT molecular complexity index is 643. The number of rotatable bonds is 4. The van der Waals surface area contributed by atoms with Crippen molar-refractivity contribution in [3.05, 3.63) is 59.1 Å². The molecule has 0 bridgehead atoms. The second-order valence-corrected chi connectivity index (χ2v) is 5.27. The Kier molecular flexibility index (Phi) is 4.08. The summed E-state index contributed by atoms with van der Waals surface area (Å²) < 4.78 is 5.57. The summed E-state index contributed by atoms with van der Waals surface area (Å²) in [4.78, 5) is 11.9. The Hall–Kier alpha value is -2.04. The van der Waals surface area contributed by atoms with E-state index in [1.54, 1.807) is 24.3 Å². The molecule has 0 saturated carbocycles. The maximum Gasteiger partial charge on any atom is 0.238 e. The second kappa shape index (κ2) is 6.16. The Morgan fingerprint density at radius 3 is 2.76 bits per heavy atom. The first-order valence-corrected chi connectivity index (χ1v) is 7.11. The number of carbonyl (C=O) groups excluding carboxylic acids is 1. The minimum absolute atomic E-state index is 0.0529. The summed E-state index contributed by atoms with van der Waals surface area (Å²) in [6, 6.07) is 14.9. The lowest BCUT2D eigenvalue weighted by Gasteiger charge is -2.11. The van der Waals surface area contributed by atoms with Crippen molar-refractivity contribution in [3.8, 4) is 5.75 Å². The van der Waals surface area contributed by atoms with Gasteiger partial charge in [0.15, 0.2) is 0 Å². The zero-order valence-corrected chi connectivity index (χ0v) is 12.1. The van der Waals surface area contributed by atoms with Gasteiger partial charge in [-0.05, 0) is 30.3 Å². The van der Waals surface area contributed by atoms with Crippen molar-refractivity contribution in [2.24, 2.45) is 0 Å². The lowest BCUT2D eigenvalue weighted by molar-refractivity contribution is -0.115. The van der Waals surface area contributed by atoms with Gasteiger partial charge in [0, 0.05) is 16.3 Å². The third-order valence-electron chi connectivity index (χ3n) is 3.34. The predicted molar refractivity (Wildman–Crippen MR) is 82.8 cm³/mol. The number of anilines is 1. The molecule has 2 aromatic rings. The quantitative estimate of drug-likeness (QED) is 0.913. The highest BCUT2D eigenvalue weighted by Gasteiger charge is 2.23. The van der Waals surface area contributed by atoms with Crippen molar-refractivity contribution in [2.75, 3.05) is 18.5 Å². The highest BCUT2D eigenvalue weighted by Crippen LogP contribution is 2.31. The lowest BCUT2D eigenvalue weighted by atomic mass is 10.1. The van der Waals surface area contributed by atoms with Crippen LogP contribution in [0, 0.1) is 0 Å². The van der Waals surface area contributed by atoms with Crippen molar-refractivity contribution in [2.45, 2.75) is 6.04 Å². The smallest absolute Gasteiger partial charge is 0.238 e. The predicted octanol–water partition coefficient (Wildman–Crippen LogP) is 3.00. The van der Waals surface area contributed by atoms with E-state index in [9.17, 15) is 4.79 Å². The van der Waals surface area contributed by atoms with Crippen molar-refractivity contribution >= 4 is 23.2 Å². The molecular weight excluding hydrogens is 288 g/mol. The van der Waals surface area contributed by atoms with E-state index in [0.29, 0.717) is 11.6 Å². The van der Waals surface area contributed by atoms with E-state index in [1.807, 2.05) is 24.3 Å². The second-order valence-electron chi connectivity index (χ2n) is 4.84. The number of halogens is 1. The van der Waals surface area contributed by atoms with Crippen LogP contribution in [-0.4, -0.2) is 19.1 Å². The average Bonchev–Trinajstić information content (AvgIpc) is 2.91. The van der Waals surface area contributed by atoms with Gasteiger partial charge in [-0.25, -0.2) is 0 Å². The molecule has 0 aliphatic carbocycles. The molecule has 1 atom stereocenters. The van der Waals surface area contributed by atoms with E-state index >= 15 is 0 Å². The van der Waals surface area contributed by atoms with Crippen LogP contribution in [0.25, 0.3) is 0 Å². The molecule has 108 valence electrons. The van der Waals surface area contributed by atoms with Crippen LogP contribution < -0.4 is 15.4 Å². The molecule has 1 aliphatic rings. The number of para-hydroxylation sites is 1. The van der Waals surface area contributed by atoms with Gasteiger partial charge < -0.3 is 10.1 Å². The largest absolute Gasteiger partial charge is 0.491 e. The maximum absolute atomic E-state index is 11.9. The van der Waals surface area contributed by atoms with E-state index in [0.717, 1.165) is 17.0 Å². The molecule has 5 heteroatoms. The molecule has 2 aromatic carbocycles. The van der Waals surface area contributed by atoms with E-state index in [1.165, 1.54) is 0 Å². The molecule has 1 unspecified atom stereocenters. The minimum atomic E-state index is -0.0956. The number of fused-ring (bicyclic) bond motifs is 1. The van der Waals surface area contributed by atoms with E-state index in [-0.39, 0.29) is 18.5 Å². The van der Waals surface area contributed by atoms with Crippen molar-refractivity contribution in [3.63, 3.8) is 0 Å². The first-order valence-electron chi connectivity index (χ1n) is 6.73. The summed E-state index contributed by atoms with van der Waals surface area (Å²) in [7, 11) is 0. The van der Waals surface area contributed by atoms with Crippen LogP contribution in [-0.2, 0) is 4.79 Å².